The van der Waals surface area contributed by atoms with Crippen molar-refractivity contribution in [3.63, 3.8) is 0 Å². The quantitative estimate of drug-likeness (QED) is 0.903. The molecular weight excluding hydrogens is 256 g/mol. The number of amidine groups is 1. The third kappa shape index (κ3) is 4.16. The van der Waals surface area contributed by atoms with E-state index in [0.29, 0.717) is 12.0 Å². The van der Waals surface area contributed by atoms with Crippen molar-refractivity contribution in [1.29, 1.82) is 0 Å². The summed E-state index contributed by atoms with van der Waals surface area (Å²) in [4.78, 5) is 4.69. The second kappa shape index (κ2) is 6.33. The predicted octanol–water partition coefficient (Wildman–Crippen LogP) is 4.01. The number of ether oxygens (including phenoxy) is 1. The van der Waals surface area contributed by atoms with Gasteiger partial charge in [-0.25, -0.2) is 0 Å². The Labute approximate surface area is 119 Å². The van der Waals surface area contributed by atoms with E-state index in [1.165, 1.54) is 0 Å². The number of aliphatic imine (C=N–C) groups is 1. The third-order valence-corrected chi connectivity index (χ3v) is 3.91. The lowest BCUT2D eigenvalue weighted by atomic mass is 10.1. The van der Waals surface area contributed by atoms with Gasteiger partial charge in [-0.2, -0.15) is 0 Å². The fourth-order valence-corrected chi connectivity index (χ4v) is 3.00. The molecule has 0 aromatic heterocycles. The largest absolute Gasteiger partial charge is 0.491 e. The second-order valence-corrected chi connectivity index (χ2v) is 6.38. The summed E-state index contributed by atoms with van der Waals surface area (Å²) in [5.74, 6) is 2.59. The predicted molar refractivity (Wildman–Crippen MR) is 84.3 cm³/mol. The Morgan fingerprint density at radius 1 is 1.21 bits per heavy atom. The van der Waals surface area contributed by atoms with Crippen molar-refractivity contribution in [3.05, 3.63) is 24.3 Å². The molecule has 1 aliphatic heterocycles. The fraction of sp³-hybridized carbons (Fsp3) is 0.533. The molecule has 0 aliphatic carbocycles. The molecule has 104 valence electrons. The molecule has 4 heteroatoms. The average molecular weight is 278 g/mol. The van der Waals surface area contributed by atoms with E-state index in [4.69, 9.17) is 9.73 Å². The van der Waals surface area contributed by atoms with Gasteiger partial charge in [-0.1, -0.05) is 25.6 Å². The number of thioether (sulfide) groups is 1. The van der Waals surface area contributed by atoms with Crippen LogP contribution in [0, 0.1) is 5.92 Å². The molecule has 0 saturated carbocycles. The lowest BCUT2D eigenvalue weighted by molar-refractivity contribution is 0.242. The normalized spacial score (nSPS) is 18.8. The Balaban J connectivity index is 1.95. The highest BCUT2D eigenvalue weighted by Crippen LogP contribution is 2.25. The molecule has 3 nitrogen and oxygen atoms in total. The van der Waals surface area contributed by atoms with E-state index >= 15 is 0 Å². The minimum Gasteiger partial charge on any atom is -0.491 e. The fourth-order valence-electron chi connectivity index (χ4n) is 1.81. The summed E-state index contributed by atoms with van der Waals surface area (Å²) in [7, 11) is 0. The highest BCUT2D eigenvalue weighted by atomic mass is 32.2. The van der Waals surface area contributed by atoms with Crippen molar-refractivity contribution in [2.45, 2.75) is 39.8 Å². The number of rotatable bonds is 4. The molecule has 1 N–H and O–H groups in total. The van der Waals surface area contributed by atoms with E-state index in [-0.39, 0.29) is 6.10 Å². The van der Waals surface area contributed by atoms with Gasteiger partial charge in [0.1, 0.15) is 5.75 Å². The zero-order valence-electron chi connectivity index (χ0n) is 12.0. The molecule has 0 fully saturated rings. The van der Waals surface area contributed by atoms with Crippen molar-refractivity contribution < 1.29 is 4.74 Å². The maximum Gasteiger partial charge on any atom is 0.161 e. The van der Waals surface area contributed by atoms with Gasteiger partial charge in [0.05, 0.1) is 12.1 Å². The van der Waals surface area contributed by atoms with Crippen LogP contribution in [-0.4, -0.2) is 23.1 Å². The highest BCUT2D eigenvalue weighted by Gasteiger charge is 2.20. The molecule has 1 heterocycles. The standard InChI is InChI=1S/C15H22N2OS/c1-10(2)14-9-19-15(17-14)16-12-5-7-13(8-6-12)18-11(3)4/h5-8,10-11,14H,9H2,1-4H3,(H,16,17). The summed E-state index contributed by atoms with van der Waals surface area (Å²) in [6, 6.07) is 8.48. The van der Waals surface area contributed by atoms with Crippen LogP contribution in [0.3, 0.4) is 0 Å². The Morgan fingerprint density at radius 3 is 2.42 bits per heavy atom. The van der Waals surface area contributed by atoms with Crippen LogP contribution in [0.25, 0.3) is 0 Å². The van der Waals surface area contributed by atoms with Crippen LogP contribution in [0.4, 0.5) is 5.69 Å². The molecule has 1 aliphatic rings. The first-order valence-corrected chi connectivity index (χ1v) is 7.77. The second-order valence-electron chi connectivity index (χ2n) is 5.37. The number of anilines is 1. The number of hydrogen-bond acceptors (Lipinski definition) is 4. The van der Waals surface area contributed by atoms with Crippen molar-refractivity contribution in [2.75, 3.05) is 11.1 Å². The zero-order valence-corrected chi connectivity index (χ0v) is 12.8. The van der Waals surface area contributed by atoms with Crippen LogP contribution < -0.4 is 10.1 Å². The van der Waals surface area contributed by atoms with E-state index in [0.717, 1.165) is 22.4 Å². The van der Waals surface area contributed by atoms with Gasteiger partial charge in [-0.15, -0.1) is 0 Å². The van der Waals surface area contributed by atoms with Crippen LogP contribution in [0.15, 0.2) is 29.3 Å². The van der Waals surface area contributed by atoms with Crippen LogP contribution in [0.1, 0.15) is 27.7 Å². The molecule has 0 amide bonds. The molecule has 0 spiro atoms. The Hall–Kier alpha value is -1.16. The number of nitrogens with one attached hydrogen (secondary N) is 1. The molecule has 19 heavy (non-hydrogen) atoms. The molecule has 0 saturated heterocycles. The van der Waals surface area contributed by atoms with E-state index < -0.39 is 0 Å². The number of benzene rings is 1. The van der Waals surface area contributed by atoms with Crippen molar-refractivity contribution in [1.82, 2.24) is 0 Å². The average Bonchev–Trinajstić information content (AvgIpc) is 2.80. The SMILES string of the molecule is CC(C)Oc1ccc(NC2=NC(C(C)C)CS2)cc1. The van der Waals surface area contributed by atoms with Gasteiger partial charge in [-0.3, -0.25) is 4.99 Å². The van der Waals surface area contributed by atoms with Crippen LogP contribution in [-0.2, 0) is 0 Å². The van der Waals surface area contributed by atoms with Crippen LogP contribution >= 0.6 is 11.8 Å². The maximum absolute atomic E-state index is 5.62. The van der Waals surface area contributed by atoms with Gasteiger partial charge in [-0.05, 0) is 44.0 Å². The summed E-state index contributed by atoms with van der Waals surface area (Å²) >= 11 is 1.80. The molecule has 1 aromatic carbocycles. The molecule has 1 aromatic rings. The molecule has 0 bridgehead atoms. The smallest absolute Gasteiger partial charge is 0.161 e. The Kier molecular flexibility index (Phi) is 4.75. The first-order chi connectivity index (χ1) is 9.04. The molecule has 1 unspecified atom stereocenters. The van der Waals surface area contributed by atoms with Crippen molar-refractivity contribution >= 4 is 22.6 Å². The number of hydrogen-bond donors (Lipinski definition) is 1. The van der Waals surface area contributed by atoms with Gasteiger partial charge in [0.15, 0.2) is 5.17 Å². The minimum absolute atomic E-state index is 0.209. The summed E-state index contributed by atoms with van der Waals surface area (Å²) < 4.78 is 5.62. The molecule has 0 radical (unpaired) electrons. The summed E-state index contributed by atoms with van der Waals surface area (Å²) in [5.41, 5.74) is 1.06. The monoisotopic (exact) mass is 278 g/mol. The van der Waals surface area contributed by atoms with Crippen LogP contribution in [0.2, 0.25) is 0 Å². The Bertz CT molecular complexity index is 440. The van der Waals surface area contributed by atoms with E-state index in [1.54, 1.807) is 11.8 Å². The van der Waals surface area contributed by atoms with Gasteiger partial charge < -0.3 is 10.1 Å². The topological polar surface area (TPSA) is 33.6 Å². The highest BCUT2D eigenvalue weighted by molar-refractivity contribution is 8.14. The summed E-state index contributed by atoms with van der Waals surface area (Å²) in [5, 5.41) is 4.39. The van der Waals surface area contributed by atoms with Gasteiger partial charge in [0, 0.05) is 11.4 Å². The third-order valence-electron chi connectivity index (χ3n) is 2.92. The summed E-state index contributed by atoms with van der Waals surface area (Å²) in [6.07, 6.45) is 0.209. The zero-order chi connectivity index (χ0) is 13.8. The van der Waals surface area contributed by atoms with E-state index in [1.807, 2.05) is 38.1 Å². The van der Waals surface area contributed by atoms with Gasteiger partial charge in [0.25, 0.3) is 0 Å². The number of nitrogens with zero attached hydrogens (tertiary/aromatic N) is 1. The molecular formula is C15H22N2OS. The van der Waals surface area contributed by atoms with Gasteiger partial charge >= 0.3 is 0 Å². The lowest BCUT2D eigenvalue weighted by Gasteiger charge is -2.10. The first kappa shape index (κ1) is 14.3. The summed E-state index contributed by atoms with van der Waals surface area (Å²) in [6.45, 7) is 8.50. The van der Waals surface area contributed by atoms with Crippen LogP contribution in [0.5, 0.6) is 5.75 Å². The Morgan fingerprint density at radius 2 is 1.89 bits per heavy atom. The van der Waals surface area contributed by atoms with E-state index in [9.17, 15) is 0 Å². The van der Waals surface area contributed by atoms with Crippen molar-refractivity contribution in [2.24, 2.45) is 10.9 Å². The lowest BCUT2D eigenvalue weighted by Crippen LogP contribution is -2.12. The van der Waals surface area contributed by atoms with Crippen molar-refractivity contribution in [3.8, 4) is 5.75 Å². The molecule has 2 rings (SSSR count). The minimum atomic E-state index is 0.209. The molecule has 1 atom stereocenters. The van der Waals surface area contributed by atoms with E-state index in [2.05, 4.69) is 19.2 Å². The van der Waals surface area contributed by atoms with Gasteiger partial charge in [0.2, 0.25) is 0 Å². The first-order valence-electron chi connectivity index (χ1n) is 6.79. The maximum atomic E-state index is 5.62.